The summed E-state index contributed by atoms with van der Waals surface area (Å²) in [5, 5.41) is 3.24. The van der Waals surface area contributed by atoms with Gasteiger partial charge in [0.15, 0.2) is 0 Å². The molecule has 0 aliphatic heterocycles. The molecule has 4 N–H and O–H groups in total. The highest BCUT2D eigenvalue weighted by Gasteiger charge is 2.34. The van der Waals surface area contributed by atoms with Crippen molar-refractivity contribution in [2.24, 2.45) is 22.2 Å². The Labute approximate surface area is 128 Å². The van der Waals surface area contributed by atoms with E-state index in [1.165, 1.54) is 32.1 Å². The van der Waals surface area contributed by atoms with E-state index in [0.29, 0.717) is 11.4 Å². The lowest BCUT2D eigenvalue weighted by atomic mass is 9.78. The lowest BCUT2D eigenvalue weighted by Gasteiger charge is -2.29. The second-order valence-corrected chi connectivity index (χ2v) is 6.61. The van der Waals surface area contributed by atoms with E-state index in [1.807, 2.05) is 30.3 Å². The van der Waals surface area contributed by atoms with E-state index in [-0.39, 0.29) is 0 Å². The van der Waals surface area contributed by atoms with Crippen LogP contribution in [-0.2, 0) is 0 Å². The monoisotopic (exact) mass is 288 g/mol. The molecule has 0 saturated heterocycles. The van der Waals surface area contributed by atoms with Crippen molar-refractivity contribution in [2.75, 3.05) is 11.9 Å². The second-order valence-electron chi connectivity index (χ2n) is 6.61. The molecule has 21 heavy (non-hydrogen) atoms. The number of guanidine groups is 1. The summed E-state index contributed by atoms with van der Waals surface area (Å²) in [5.74, 6) is 6.97. The van der Waals surface area contributed by atoms with Crippen LogP contribution >= 0.6 is 0 Å². The number of aliphatic imine (C=N–C) groups is 1. The minimum atomic E-state index is 0.370. The van der Waals surface area contributed by atoms with Crippen molar-refractivity contribution >= 4 is 11.6 Å². The first-order chi connectivity index (χ1) is 10.1. The van der Waals surface area contributed by atoms with Crippen molar-refractivity contribution in [1.29, 1.82) is 0 Å². The minimum Gasteiger partial charge on any atom is -0.325 e. The van der Waals surface area contributed by atoms with Crippen LogP contribution in [0.15, 0.2) is 35.3 Å². The van der Waals surface area contributed by atoms with E-state index < -0.39 is 0 Å². The quantitative estimate of drug-likeness (QED) is 0.336. The van der Waals surface area contributed by atoms with Crippen molar-refractivity contribution < 1.29 is 0 Å². The van der Waals surface area contributed by atoms with Crippen LogP contribution in [0.25, 0.3) is 0 Å². The molecule has 1 aliphatic carbocycles. The molecule has 0 heterocycles. The average molecular weight is 288 g/mol. The van der Waals surface area contributed by atoms with Gasteiger partial charge in [0.1, 0.15) is 0 Å². The van der Waals surface area contributed by atoms with Gasteiger partial charge in [0.25, 0.3) is 0 Å². The lowest BCUT2D eigenvalue weighted by Crippen LogP contribution is -2.37. The molecule has 0 radical (unpaired) electrons. The van der Waals surface area contributed by atoms with Crippen molar-refractivity contribution in [3.05, 3.63) is 30.3 Å². The first kappa shape index (κ1) is 15.8. The molecule has 4 nitrogen and oxygen atoms in total. The molecule has 1 fully saturated rings. The predicted molar refractivity (Wildman–Crippen MR) is 90.0 cm³/mol. The van der Waals surface area contributed by atoms with E-state index in [1.54, 1.807) is 0 Å². The van der Waals surface area contributed by atoms with Gasteiger partial charge in [0, 0.05) is 12.2 Å². The zero-order valence-electron chi connectivity index (χ0n) is 13.2. The molecule has 1 aromatic carbocycles. The van der Waals surface area contributed by atoms with Gasteiger partial charge in [-0.15, -0.1) is 0 Å². The van der Waals surface area contributed by atoms with Gasteiger partial charge in [-0.2, -0.15) is 0 Å². The van der Waals surface area contributed by atoms with Crippen molar-refractivity contribution in [3.63, 3.8) is 0 Å². The van der Waals surface area contributed by atoms with E-state index >= 15 is 0 Å². The zero-order valence-corrected chi connectivity index (χ0v) is 13.2. The number of nitrogens with one attached hydrogen (secondary N) is 2. The third-order valence-electron chi connectivity index (χ3n) is 4.25. The first-order valence-electron chi connectivity index (χ1n) is 7.97. The third kappa shape index (κ3) is 4.74. The lowest BCUT2D eigenvalue weighted by molar-refractivity contribution is 0.245. The second kappa shape index (κ2) is 7.46. The number of nitrogens with zero attached hydrogens (tertiary/aromatic N) is 1. The topological polar surface area (TPSA) is 62.4 Å². The molecule has 2 rings (SSSR count). The Morgan fingerprint density at radius 3 is 2.48 bits per heavy atom. The normalized spacial score (nSPS) is 18.0. The fourth-order valence-electron chi connectivity index (χ4n) is 3.44. The fourth-order valence-corrected chi connectivity index (χ4v) is 3.44. The summed E-state index contributed by atoms with van der Waals surface area (Å²) >= 11 is 0. The molecule has 0 unspecified atom stereocenters. The Morgan fingerprint density at radius 2 is 1.90 bits per heavy atom. The number of hydrazine groups is 1. The van der Waals surface area contributed by atoms with Crippen molar-refractivity contribution in [1.82, 2.24) is 5.43 Å². The van der Waals surface area contributed by atoms with Gasteiger partial charge in [-0.25, -0.2) is 5.84 Å². The number of hydrogen-bond acceptors (Lipinski definition) is 2. The number of para-hydroxylation sites is 1. The minimum absolute atomic E-state index is 0.370. The molecule has 4 heteroatoms. The van der Waals surface area contributed by atoms with E-state index in [0.717, 1.165) is 18.2 Å². The van der Waals surface area contributed by atoms with E-state index in [4.69, 9.17) is 10.8 Å². The number of hydrogen-bond donors (Lipinski definition) is 3. The van der Waals surface area contributed by atoms with Gasteiger partial charge in [-0.05, 0) is 42.7 Å². The third-order valence-corrected chi connectivity index (χ3v) is 4.25. The zero-order chi connectivity index (χ0) is 15.1. The van der Waals surface area contributed by atoms with Gasteiger partial charge in [0.2, 0.25) is 5.96 Å². The maximum absolute atomic E-state index is 5.61. The van der Waals surface area contributed by atoms with E-state index in [9.17, 15) is 0 Å². The summed E-state index contributed by atoms with van der Waals surface area (Å²) in [6.45, 7) is 5.45. The van der Waals surface area contributed by atoms with E-state index in [2.05, 4.69) is 24.6 Å². The van der Waals surface area contributed by atoms with Crippen LogP contribution in [0.4, 0.5) is 5.69 Å². The molecular formula is C17H28N4. The summed E-state index contributed by atoms with van der Waals surface area (Å²) < 4.78 is 0. The molecule has 116 valence electrons. The van der Waals surface area contributed by atoms with Crippen LogP contribution < -0.4 is 16.6 Å². The molecule has 0 aromatic heterocycles. The van der Waals surface area contributed by atoms with Crippen LogP contribution in [0.3, 0.4) is 0 Å². The highest BCUT2D eigenvalue weighted by Crippen LogP contribution is 2.43. The molecule has 0 atom stereocenters. The number of benzene rings is 1. The van der Waals surface area contributed by atoms with Crippen LogP contribution in [-0.4, -0.2) is 12.5 Å². The predicted octanol–water partition coefficient (Wildman–Crippen LogP) is 3.52. The summed E-state index contributed by atoms with van der Waals surface area (Å²) in [6, 6.07) is 9.99. The molecular weight excluding hydrogens is 260 g/mol. The molecule has 0 amide bonds. The summed E-state index contributed by atoms with van der Waals surface area (Å²) in [4.78, 5) is 4.71. The Kier molecular flexibility index (Phi) is 5.62. The first-order valence-corrected chi connectivity index (χ1v) is 7.97. The van der Waals surface area contributed by atoms with Crippen LogP contribution in [0.2, 0.25) is 0 Å². The number of anilines is 1. The highest BCUT2D eigenvalue weighted by atomic mass is 15.3. The van der Waals surface area contributed by atoms with Crippen LogP contribution in [0, 0.1) is 11.3 Å². The SMILES string of the molecule is CC(C)CC1(CN=C(NN)Nc2ccccc2)CCCC1. The van der Waals surface area contributed by atoms with Crippen molar-refractivity contribution in [3.8, 4) is 0 Å². The van der Waals surface area contributed by atoms with Crippen LogP contribution in [0.1, 0.15) is 46.0 Å². The Bertz CT molecular complexity index is 447. The molecule has 1 saturated carbocycles. The maximum Gasteiger partial charge on any atom is 0.210 e. The highest BCUT2D eigenvalue weighted by molar-refractivity contribution is 5.93. The average Bonchev–Trinajstić information content (AvgIpc) is 2.92. The molecule has 0 bridgehead atoms. The van der Waals surface area contributed by atoms with Gasteiger partial charge < -0.3 is 5.32 Å². The molecule has 0 spiro atoms. The van der Waals surface area contributed by atoms with Gasteiger partial charge in [-0.3, -0.25) is 10.4 Å². The number of rotatable bonds is 5. The fraction of sp³-hybridized carbons (Fsp3) is 0.588. The Morgan fingerprint density at radius 1 is 1.24 bits per heavy atom. The summed E-state index contributed by atoms with van der Waals surface area (Å²) in [7, 11) is 0. The standard InChI is InChI=1S/C17H28N4/c1-14(2)12-17(10-6-7-11-17)13-19-16(21-18)20-15-8-4-3-5-9-15/h3-5,8-9,14H,6-7,10-13,18H2,1-2H3,(H2,19,20,21). The molecule has 1 aromatic rings. The maximum atomic E-state index is 5.61. The van der Waals surface area contributed by atoms with Gasteiger partial charge in [0.05, 0.1) is 0 Å². The van der Waals surface area contributed by atoms with Crippen LogP contribution in [0.5, 0.6) is 0 Å². The molecule has 1 aliphatic rings. The van der Waals surface area contributed by atoms with Gasteiger partial charge >= 0.3 is 0 Å². The van der Waals surface area contributed by atoms with Gasteiger partial charge in [-0.1, -0.05) is 44.9 Å². The van der Waals surface area contributed by atoms with Crippen molar-refractivity contribution in [2.45, 2.75) is 46.0 Å². The smallest absolute Gasteiger partial charge is 0.210 e. The largest absolute Gasteiger partial charge is 0.325 e. The Balaban J connectivity index is 2.01. The summed E-state index contributed by atoms with van der Waals surface area (Å²) in [5.41, 5.74) is 4.05. The number of nitrogens with two attached hydrogens (primary N) is 1. The summed E-state index contributed by atoms with van der Waals surface area (Å²) in [6.07, 6.45) is 6.49. The Hall–Kier alpha value is -1.55.